The molecule has 58 valence electrons. The Morgan fingerprint density at radius 2 is 2.18 bits per heavy atom. The van der Waals surface area contributed by atoms with Crippen LogP contribution in [0.4, 0.5) is 4.53 Å². The van der Waals surface area contributed by atoms with Crippen molar-refractivity contribution in [1.29, 1.82) is 5.41 Å². The lowest BCUT2D eigenvalue weighted by Crippen LogP contribution is -2.08. The van der Waals surface area contributed by atoms with Gasteiger partial charge in [-0.25, -0.2) is 0 Å². The monoisotopic (exact) mass is 172 g/mol. The first-order valence-corrected chi connectivity index (χ1v) is 3.50. The van der Waals surface area contributed by atoms with Crippen molar-refractivity contribution in [3.05, 3.63) is 24.3 Å². The summed E-state index contributed by atoms with van der Waals surface area (Å²) >= 11 is 0.314. The van der Waals surface area contributed by atoms with E-state index in [1.54, 1.807) is 24.3 Å². The molecule has 0 aromatic carbocycles. The van der Waals surface area contributed by atoms with E-state index in [9.17, 15) is 4.53 Å². The Bertz CT molecular complexity index is 247. The minimum Gasteiger partial charge on any atom is -0.299 e. The molecule has 0 saturated carbocycles. The summed E-state index contributed by atoms with van der Waals surface area (Å²) in [5.41, 5.74) is 0.646. The maximum atomic E-state index is 11.1. The second-order valence-electron chi connectivity index (χ2n) is 1.75. The van der Waals surface area contributed by atoms with Crippen LogP contribution in [0.25, 0.3) is 0 Å². The molecule has 0 unspecified atom stereocenters. The summed E-state index contributed by atoms with van der Waals surface area (Å²) in [5, 5.41) is 7.26. The smallest absolute Gasteiger partial charge is 0.179 e. The van der Waals surface area contributed by atoms with Crippen molar-refractivity contribution in [3.8, 4) is 0 Å². The summed E-state index contributed by atoms with van der Waals surface area (Å²) in [5.74, 6) is 0. The Hall–Kier alpha value is -0.940. The number of rotatable bonds is 2. The molecule has 5 heteroatoms. The highest BCUT2D eigenvalue weighted by atomic mass is 32.2. The minimum absolute atomic E-state index is 0.247. The van der Waals surface area contributed by atoms with Gasteiger partial charge in [0.2, 0.25) is 0 Å². The van der Waals surface area contributed by atoms with Crippen LogP contribution in [-0.2, 0) is 4.39 Å². The van der Waals surface area contributed by atoms with Crippen LogP contribution >= 0.6 is 12.2 Å². The van der Waals surface area contributed by atoms with Crippen LogP contribution in [0, 0.1) is 5.41 Å². The molecule has 0 amide bonds. The quantitative estimate of drug-likeness (QED) is 0.393. The summed E-state index contributed by atoms with van der Waals surface area (Å²) < 4.78 is 17.8. The van der Waals surface area contributed by atoms with E-state index in [1.807, 2.05) is 0 Å². The van der Waals surface area contributed by atoms with Crippen molar-refractivity contribution in [2.24, 2.45) is 4.40 Å². The highest BCUT2D eigenvalue weighted by Crippen LogP contribution is 2.07. The Balaban J connectivity index is 2.65. The molecule has 0 aromatic rings. The van der Waals surface area contributed by atoms with E-state index in [0.717, 1.165) is 0 Å². The second kappa shape index (κ2) is 4.05. The SMILES string of the molecule is N=C1C=CC=C/C1=N/SOF. The van der Waals surface area contributed by atoms with E-state index >= 15 is 0 Å². The summed E-state index contributed by atoms with van der Waals surface area (Å²) in [6, 6.07) is 0. The van der Waals surface area contributed by atoms with Gasteiger partial charge < -0.3 is 0 Å². The molecule has 3 nitrogen and oxygen atoms in total. The number of allylic oxidation sites excluding steroid dienone is 4. The molecule has 0 aliphatic heterocycles. The molecule has 0 fully saturated rings. The van der Waals surface area contributed by atoms with Crippen molar-refractivity contribution in [1.82, 2.24) is 0 Å². The lowest BCUT2D eigenvalue weighted by molar-refractivity contribution is 0.0232. The van der Waals surface area contributed by atoms with Crippen LogP contribution in [0.1, 0.15) is 0 Å². The predicted octanol–water partition coefficient (Wildman–Crippen LogP) is 2.04. The zero-order chi connectivity index (χ0) is 8.10. The molecule has 1 rings (SSSR count). The van der Waals surface area contributed by atoms with E-state index in [-0.39, 0.29) is 5.71 Å². The van der Waals surface area contributed by atoms with Gasteiger partial charge in [0.05, 0.1) is 11.4 Å². The average Bonchev–Trinajstić information content (AvgIpc) is 2.03. The first-order valence-electron chi connectivity index (χ1n) is 2.80. The van der Waals surface area contributed by atoms with Gasteiger partial charge in [-0.15, -0.1) is 0 Å². The third kappa shape index (κ3) is 2.28. The van der Waals surface area contributed by atoms with Crippen molar-refractivity contribution in [3.63, 3.8) is 0 Å². The van der Waals surface area contributed by atoms with Crippen LogP contribution < -0.4 is 0 Å². The highest BCUT2D eigenvalue weighted by Gasteiger charge is 2.02. The van der Waals surface area contributed by atoms with Crippen LogP contribution in [0.5, 0.6) is 0 Å². The van der Waals surface area contributed by atoms with Crippen molar-refractivity contribution < 1.29 is 8.91 Å². The summed E-state index contributed by atoms with van der Waals surface area (Å²) in [6.45, 7) is 0. The summed E-state index contributed by atoms with van der Waals surface area (Å²) in [6.07, 6.45) is 6.60. The molecule has 11 heavy (non-hydrogen) atoms. The van der Waals surface area contributed by atoms with E-state index in [4.69, 9.17) is 5.41 Å². The number of hydrogen-bond acceptors (Lipinski definition) is 4. The molecular formula is C6H5FN2OS. The molecule has 0 atom stereocenters. The fourth-order valence-electron chi connectivity index (χ4n) is 0.607. The largest absolute Gasteiger partial charge is 0.299 e. The highest BCUT2D eigenvalue weighted by molar-refractivity contribution is 7.93. The van der Waals surface area contributed by atoms with E-state index in [0.29, 0.717) is 17.9 Å². The van der Waals surface area contributed by atoms with Crippen LogP contribution in [0.2, 0.25) is 0 Å². The van der Waals surface area contributed by atoms with Gasteiger partial charge >= 0.3 is 0 Å². The third-order valence-corrected chi connectivity index (χ3v) is 1.40. The summed E-state index contributed by atoms with van der Waals surface area (Å²) in [7, 11) is 0. The third-order valence-electron chi connectivity index (χ3n) is 1.07. The second-order valence-corrected chi connectivity index (χ2v) is 2.20. The first-order chi connectivity index (χ1) is 5.34. The molecule has 1 aliphatic rings. The fourth-order valence-corrected chi connectivity index (χ4v) is 0.875. The maximum Gasteiger partial charge on any atom is 0.179 e. The zero-order valence-electron chi connectivity index (χ0n) is 5.45. The van der Waals surface area contributed by atoms with Gasteiger partial charge in [-0.1, -0.05) is 16.5 Å². The lowest BCUT2D eigenvalue weighted by Gasteiger charge is -1.99. The minimum atomic E-state index is 0.247. The first kappa shape index (κ1) is 8.16. The molecule has 0 spiro atoms. The standard InChI is InChI=1S/C6H5FN2OS/c7-10-11-9-6-4-2-1-3-5(6)8/h1-4,8H/b8-5?,9-6-. The zero-order valence-corrected chi connectivity index (χ0v) is 6.27. The van der Waals surface area contributed by atoms with Crippen LogP contribution in [0.3, 0.4) is 0 Å². The normalized spacial score (nSPS) is 19.7. The predicted molar refractivity (Wildman–Crippen MR) is 43.2 cm³/mol. The number of nitrogens with one attached hydrogen (secondary N) is 1. The van der Waals surface area contributed by atoms with E-state index in [2.05, 4.69) is 8.79 Å². The van der Waals surface area contributed by atoms with Gasteiger partial charge in [-0.2, -0.15) is 4.40 Å². The Morgan fingerprint density at radius 3 is 2.82 bits per heavy atom. The Kier molecular flexibility index (Phi) is 3.00. The molecule has 1 aliphatic carbocycles. The Morgan fingerprint density at radius 1 is 1.45 bits per heavy atom. The summed E-state index contributed by atoms with van der Waals surface area (Å²) in [4.78, 5) is 0. The van der Waals surface area contributed by atoms with E-state index < -0.39 is 0 Å². The molecule has 0 bridgehead atoms. The van der Waals surface area contributed by atoms with Gasteiger partial charge in [-0.3, -0.25) is 5.41 Å². The average molecular weight is 172 g/mol. The lowest BCUT2D eigenvalue weighted by atomic mass is 10.1. The van der Waals surface area contributed by atoms with Crippen LogP contribution in [0.15, 0.2) is 28.7 Å². The van der Waals surface area contributed by atoms with Gasteiger partial charge in [0, 0.05) is 0 Å². The Labute approximate surface area is 67.4 Å². The van der Waals surface area contributed by atoms with Crippen molar-refractivity contribution >= 4 is 23.7 Å². The topological polar surface area (TPSA) is 45.4 Å². The molecular weight excluding hydrogens is 167 g/mol. The van der Waals surface area contributed by atoms with Crippen molar-refractivity contribution in [2.45, 2.75) is 0 Å². The molecule has 1 N–H and O–H groups in total. The van der Waals surface area contributed by atoms with Gasteiger partial charge in [0.15, 0.2) is 12.2 Å². The van der Waals surface area contributed by atoms with E-state index in [1.165, 1.54) is 0 Å². The molecule has 0 aromatic heterocycles. The van der Waals surface area contributed by atoms with Crippen molar-refractivity contribution in [2.75, 3.05) is 0 Å². The maximum absolute atomic E-state index is 11.1. The van der Waals surface area contributed by atoms with Gasteiger partial charge in [0.25, 0.3) is 0 Å². The number of halogens is 1. The van der Waals surface area contributed by atoms with Gasteiger partial charge in [0.1, 0.15) is 0 Å². The number of hydrogen-bond donors (Lipinski definition) is 1. The van der Waals surface area contributed by atoms with Crippen LogP contribution in [-0.4, -0.2) is 11.4 Å². The molecule has 0 radical (unpaired) electrons. The van der Waals surface area contributed by atoms with Gasteiger partial charge in [-0.05, 0) is 16.7 Å². The fraction of sp³-hybridized carbons (Fsp3) is 0. The number of nitrogens with zero attached hydrogens (tertiary/aromatic N) is 1. The molecule has 0 heterocycles. The molecule has 0 saturated heterocycles.